The molecule has 2 aromatic carbocycles. The van der Waals surface area contributed by atoms with Crippen LogP contribution in [-0.2, 0) is 11.3 Å². The van der Waals surface area contributed by atoms with Crippen molar-refractivity contribution in [2.75, 3.05) is 5.32 Å². The molecule has 8 heteroatoms. The number of fused-ring (bicyclic) bond motifs is 1. The predicted molar refractivity (Wildman–Crippen MR) is 117 cm³/mol. The van der Waals surface area contributed by atoms with E-state index in [1.165, 1.54) is 13.0 Å². The van der Waals surface area contributed by atoms with E-state index in [2.05, 4.69) is 10.6 Å². The smallest absolute Gasteiger partial charge is 0.338 e. The van der Waals surface area contributed by atoms with Gasteiger partial charge in [-0.2, -0.15) is 0 Å². The number of urea groups is 1. The first-order valence-electron chi connectivity index (χ1n) is 9.78. The molecule has 3 aromatic rings. The monoisotopic (exact) mass is 423 g/mol. The number of hydrogen-bond donors (Lipinski definition) is 3. The van der Waals surface area contributed by atoms with Gasteiger partial charge in [-0.1, -0.05) is 30.3 Å². The topological polar surface area (TPSA) is 110 Å². The van der Waals surface area contributed by atoms with Crippen molar-refractivity contribution in [3.05, 3.63) is 59.7 Å². The Bertz CT molecular complexity index is 1140. The molecule has 0 bridgehead atoms. The summed E-state index contributed by atoms with van der Waals surface area (Å²) in [5.74, 6) is -1.44. The molecule has 0 atom stereocenters. The van der Waals surface area contributed by atoms with Gasteiger partial charge in [-0.25, -0.2) is 9.59 Å². The van der Waals surface area contributed by atoms with Gasteiger partial charge in [0.25, 0.3) is 0 Å². The van der Waals surface area contributed by atoms with Crippen molar-refractivity contribution >= 4 is 34.4 Å². The van der Waals surface area contributed by atoms with Gasteiger partial charge in [-0.3, -0.25) is 4.79 Å². The maximum atomic E-state index is 12.4. The zero-order valence-electron chi connectivity index (χ0n) is 17.9. The van der Waals surface area contributed by atoms with Gasteiger partial charge in [0, 0.05) is 17.6 Å². The van der Waals surface area contributed by atoms with Crippen molar-refractivity contribution in [1.29, 1.82) is 0 Å². The van der Waals surface area contributed by atoms with Crippen LogP contribution in [0.15, 0.2) is 48.5 Å². The van der Waals surface area contributed by atoms with E-state index in [0.717, 1.165) is 10.3 Å². The minimum absolute atomic E-state index is 0.0387. The molecule has 0 aliphatic rings. The standard InChI is InChI=1S/C23H25N3O5/c1-14(27)19-17-11-10-16(25-22(30)24-13-15-8-6-5-7-9-15)12-18(17)26(20(19)28)31-21(29)23(2,3)4/h5-12,28H,13H2,1-4H3,(H2,24,25,30). The number of rotatable bonds is 5. The summed E-state index contributed by atoms with van der Waals surface area (Å²) in [6.07, 6.45) is 0. The van der Waals surface area contributed by atoms with Gasteiger partial charge >= 0.3 is 12.0 Å². The summed E-state index contributed by atoms with van der Waals surface area (Å²) in [7, 11) is 0. The quantitative estimate of drug-likeness (QED) is 0.540. The lowest BCUT2D eigenvalue weighted by atomic mass is 9.98. The van der Waals surface area contributed by atoms with E-state index in [0.29, 0.717) is 17.6 Å². The van der Waals surface area contributed by atoms with Crippen molar-refractivity contribution < 1.29 is 24.3 Å². The molecule has 8 nitrogen and oxygen atoms in total. The van der Waals surface area contributed by atoms with Gasteiger partial charge in [0.15, 0.2) is 5.78 Å². The fourth-order valence-electron chi connectivity index (χ4n) is 2.94. The lowest BCUT2D eigenvalue weighted by molar-refractivity contribution is -0.153. The van der Waals surface area contributed by atoms with Crippen molar-refractivity contribution in [3.63, 3.8) is 0 Å². The molecular formula is C23H25N3O5. The van der Waals surface area contributed by atoms with Crippen LogP contribution in [0.1, 0.15) is 43.6 Å². The summed E-state index contributed by atoms with van der Waals surface area (Å²) in [4.78, 5) is 42.1. The molecule has 162 valence electrons. The molecule has 2 amide bonds. The highest BCUT2D eigenvalue weighted by Crippen LogP contribution is 2.33. The number of aromatic hydroxyl groups is 1. The molecule has 0 fully saturated rings. The normalized spacial score (nSPS) is 11.2. The first-order chi connectivity index (χ1) is 14.6. The number of aromatic nitrogens is 1. The molecule has 1 heterocycles. The molecular weight excluding hydrogens is 398 g/mol. The minimum atomic E-state index is -0.827. The Morgan fingerprint density at radius 1 is 1.06 bits per heavy atom. The van der Waals surface area contributed by atoms with Crippen LogP contribution < -0.4 is 15.5 Å². The third-order valence-corrected chi connectivity index (χ3v) is 4.59. The zero-order valence-corrected chi connectivity index (χ0v) is 17.9. The average Bonchev–Trinajstić information content (AvgIpc) is 2.98. The molecule has 3 rings (SSSR count). The molecule has 0 unspecified atom stereocenters. The van der Waals surface area contributed by atoms with E-state index in [-0.39, 0.29) is 16.9 Å². The van der Waals surface area contributed by atoms with Crippen LogP contribution in [0.25, 0.3) is 10.9 Å². The summed E-state index contributed by atoms with van der Waals surface area (Å²) >= 11 is 0. The van der Waals surface area contributed by atoms with Crippen LogP contribution in [0.2, 0.25) is 0 Å². The van der Waals surface area contributed by atoms with E-state index in [4.69, 9.17) is 4.84 Å². The van der Waals surface area contributed by atoms with E-state index in [9.17, 15) is 19.5 Å². The van der Waals surface area contributed by atoms with Gasteiger partial charge in [0.05, 0.1) is 16.5 Å². The Morgan fingerprint density at radius 3 is 2.35 bits per heavy atom. The second-order valence-electron chi connectivity index (χ2n) is 8.20. The van der Waals surface area contributed by atoms with Crippen LogP contribution in [0, 0.1) is 5.41 Å². The van der Waals surface area contributed by atoms with Crippen molar-refractivity contribution in [2.24, 2.45) is 5.41 Å². The summed E-state index contributed by atoms with van der Waals surface area (Å²) in [6, 6.07) is 13.7. The number of hydrogen-bond acceptors (Lipinski definition) is 5. The van der Waals surface area contributed by atoms with Crippen molar-refractivity contribution in [3.8, 4) is 5.88 Å². The number of nitrogens with one attached hydrogen (secondary N) is 2. The van der Waals surface area contributed by atoms with E-state index < -0.39 is 23.3 Å². The first kappa shape index (κ1) is 21.9. The highest BCUT2D eigenvalue weighted by molar-refractivity contribution is 6.10. The Kier molecular flexibility index (Phi) is 6.01. The van der Waals surface area contributed by atoms with Gasteiger partial charge in [0.2, 0.25) is 5.88 Å². The van der Waals surface area contributed by atoms with Crippen LogP contribution in [0.3, 0.4) is 0 Å². The summed E-state index contributed by atoms with van der Waals surface area (Å²) in [5.41, 5.74) is 0.843. The number of carbonyl (C=O) groups excluding carboxylic acids is 3. The number of amides is 2. The molecule has 3 N–H and O–H groups in total. The fourth-order valence-corrected chi connectivity index (χ4v) is 2.94. The Hall–Kier alpha value is -3.81. The first-order valence-corrected chi connectivity index (χ1v) is 9.78. The highest BCUT2D eigenvalue weighted by Gasteiger charge is 2.28. The molecule has 0 aliphatic heterocycles. The lowest BCUT2D eigenvalue weighted by Gasteiger charge is -2.17. The third kappa shape index (κ3) is 4.85. The third-order valence-electron chi connectivity index (χ3n) is 4.59. The summed E-state index contributed by atoms with van der Waals surface area (Å²) in [6.45, 7) is 6.69. The van der Waals surface area contributed by atoms with Gasteiger partial charge in [-0.05, 0) is 51.5 Å². The van der Waals surface area contributed by atoms with Crippen molar-refractivity contribution in [2.45, 2.75) is 34.2 Å². The van der Waals surface area contributed by atoms with Crippen LogP contribution in [0.5, 0.6) is 5.88 Å². The Morgan fingerprint density at radius 2 is 1.74 bits per heavy atom. The van der Waals surface area contributed by atoms with Crippen molar-refractivity contribution in [1.82, 2.24) is 10.0 Å². The van der Waals surface area contributed by atoms with E-state index in [1.54, 1.807) is 32.9 Å². The molecule has 0 spiro atoms. The summed E-state index contributed by atoms with van der Waals surface area (Å²) in [5, 5.41) is 16.4. The predicted octanol–water partition coefficient (Wildman–Crippen LogP) is 3.87. The Labute approximate surface area is 179 Å². The second-order valence-corrected chi connectivity index (χ2v) is 8.20. The maximum absolute atomic E-state index is 12.4. The molecule has 0 saturated carbocycles. The number of nitrogens with zero attached hydrogens (tertiary/aromatic N) is 1. The fraction of sp³-hybridized carbons (Fsp3) is 0.261. The molecule has 1 aromatic heterocycles. The van der Waals surface area contributed by atoms with Crippen LogP contribution in [0.4, 0.5) is 10.5 Å². The van der Waals surface area contributed by atoms with E-state index >= 15 is 0 Å². The molecule has 0 saturated heterocycles. The zero-order chi connectivity index (χ0) is 22.8. The largest absolute Gasteiger partial charge is 0.492 e. The SMILES string of the molecule is CC(=O)c1c(O)n(OC(=O)C(C)(C)C)c2cc(NC(=O)NCc3ccccc3)ccc12. The number of ketones is 1. The summed E-state index contributed by atoms with van der Waals surface area (Å²) < 4.78 is 0.923. The maximum Gasteiger partial charge on any atom is 0.338 e. The number of anilines is 1. The number of carbonyl (C=O) groups is 3. The van der Waals surface area contributed by atoms with Gasteiger partial charge < -0.3 is 20.6 Å². The molecule has 0 aliphatic carbocycles. The van der Waals surface area contributed by atoms with Gasteiger partial charge in [0.1, 0.15) is 0 Å². The minimum Gasteiger partial charge on any atom is -0.492 e. The lowest BCUT2D eigenvalue weighted by Crippen LogP contribution is -2.31. The second kappa shape index (κ2) is 8.51. The van der Waals surface area contributed by atoms with Crippen LogP contribution in [-0.4, -0.2) is 27.6 Å². The molecule has 0 radical (unpaired) electrons. The number of benzene rings is 2. The van der Waals surface area contributed by atoms with Gasteiger partial charge in [-0.15, -0.1) is 4.73 Å². The highest BCUT2D eigenvalue weighted by atomic mass is 16.7. The number of Topliss-reactive ketones (excluding diaryl/α,β-unsaturated/α-hetero) is 1. The van der Waals surface area contributed by atoms with E-state index in [1.807, 2.05) is 30.3 Å². The Balaban J connectivity index is 1.89. The average molecular weight is 423 g/mol. The molecule has 31 heavy (non-hydrogen) atoms. The van der Waals surface area contributed by atoms with Crippen LogP contribution >= 0.6 is 0 Å².